The van der Waals surface area contributed by atoms with Crippen molar-refractivity contribution in [1.29, 1.82) is 0 Å². The van der Waals surface area contributed by atoms with E-state index in [2.05, 4.69) is 51.8 Å². The lowest BCUT2D eigenvalue weighted by molar-refractivity contribution is 0.208. The van der Waals surface area contributed by atoms with Gasteiger partial charge in [-0.15, -0.1) is 0 Å². The van der Waals surface area contributed by atoms with Crippen LogP contribution in [0.5, 0.6) is 0 Å². The first-order valence-electron chi connectivity index (χ1n) is 7.91. The summed E-state index contributed by atoms with van der Waals surface area (Å²) in [5, 5.41) is 3.50. The van der Waals surface area contributed by atoms with Crippen molar-refractivity contribution >= 4 is 0 Å². The molecule has 0 amide bonds. The van der Waals surface area contributed by atoms with Crippen LogP contribution in [0.25, 0.3) is 0 Å². The summed E-state index contributed by atoms with van der Waals surface area (Å²) < 4.78 is 0. The third-order valence-electron chi connectivity index (χ3n) is 3.16. The van der Waals surface area contributed by atoms with Gasteiger partial charge in [-0.25, -0.2) is 0 Å². The lowest BCUT2D eigenvalue weighted by Crippen LogP contribution is -2.33. The van der Waals surface area contributed by atoms with E-state index in [9.17, 15) is 0 Å². The van der Waals surface area contributed by atoms with E-state index in [4.69, 9.17) is 0 Å². The number of nitrogens with one attached hydrogen (secondary N) is 1. The predicted octanol–water partition coefficient (Wildman–Crippen LogP) is 3.77. The molecule has 0 fully saturated rings. The zero-order valence-corrected chi connectivity index (χ0v) is 13.6. The Morgan fingerprint density at radius 3 is 2.17 bits per heavy atom. The first kappa shape index (κ1) is 17.9. The summed E-state index contributed by atoms with van der Waals surface area (Å²) in [6, 6.07) is 0.623. The summed E-state index contributed by atoms with van der Waals surface area (Å²) in [5.41, 5.74) is 0. The minimum absolute atomic E-state index is 0.623. The highest BCUT2D eigenvalue weighted by molar-refractivity contribution is 4.65. The van der Waals surface area contributed by atoms with Crippen molar-refractivity contribution in [2.75, 3.05) is 26.2 Å². The molecule has 0 saturated heterocycles. The van der Waals surface area contributed by atoms with E-state index in [1.54, 1.807) is 0 Å². The van der Waals surface area contributed by atoms with Crippen molar-refractivity contribution in [2.24, 2.45) is 11.8 Å². The van der Waals surface area contributed by atoms with Crippen LogP contribution >= 0.6 is 0 Å². The summed E-state index contributed by atoms with van der Waals surface area (Å²) in [7, 11) is 0. The Kier molecular flexibility index (Phi) is 10.8. The van der Waals surface area contributed by atoms with Crippen molar-refractivity contribution < 1.29 is 0 Å². The molecule has 0 aliphatic carbocycles. The zero-order valence-electron chi connectivity index (χ0n) is 13.6. The van der Waals surface area contributed by atoms with Crippen LogP contribution in [0, 0.1) is 11.8 Å². The number of nitrogens with zero attached hydrogens (tertiary/aromatic N) is 1. The molecule has 1 atom stereocenters. The van der Waals surface area contributed by atoms with Crippen LogP contribution < -0.4 is 5.32 Å². The van der Waals surface area contributed by atoms with Gasteiger partial charge in [0.05, 0.1) is 0 Å². The first-order chi connectivity index (χ1) is 8.45. The third-order valence-corrected chi connectivity index (χ3v) is 3.16. The molecule has 1 N–H and O–H groups in total. The van der Waals surface area contributed by atoms with Gasteiger partial charge < -0.3 is 10.2 Å². The molecule has 2 heteroatoms. The topological polar surface area (TPSA) is 15.3 Å². The molecular weight excluding hydrogens is 220 g/mol. The molecule has 0 saturated carbocycles. The van der Waals surface area contributed by atoms with Gasteiger partial charge in [0.15, 0.2) is 0 Å². The minimum atomic E-state index is 0.623. The Hall–Kier alpha value is -0.0800. The van der Waals surface area contributed by atoms with Crippen molar-refractivity contribution in [2.45, 2.75) is 66.8 Å². The van der Waals surface area contributed by atoms with E-state index in [0.29, 0.717) is 6.04 Å². The van der Waals surface area contributed by atoms with Gasteiger partial charge in [0.25, 0.3) is 0 Å². The monoisotopic (exact) mass is 256 g/mol. The van der Waals surface area contributed by atoms with Gasteiger partial charge in [-0.3, -0.25) is 0 Å². The molecule has 0 aliphatic rings. The van der Waals surface area contributed by atoms with Gasteiger partial charge in [0.1, 0.15) is 0 Å². The van der Waals surface area contributed by atoms with Crippen LogP contribution in [0.2, 0.25) is 0 Å². The maximum atomic E-state index is 3.50. The molecule has 0 aromatic rings. The van der Waals surface area contributed by atoms with Crippen LogP contribution in [0.1, 0.15) is 60.8 Å². The Balaban J connectivity index is 3.76. The zero-order chi connectivity index (χ0) is 14.0. The van der Waals surface area contributed by atoms with E-state index in [1.807, 2.05) is 0 Å². The van der Waals surface area contributed by atoms with Crippen LogP contribution in [0.3, 0.4) is 0 Å². The Morgan fingerprint density at radius 1 is 1.00 bits per heavy atom. The van der Waals surface area contributed by atoms with E-state index in [0.717, 1.165) is 11.8 Å². The minimum Gasteiger partial charge on any atom is -0.315 e. The van der Waals surface area contributed by atoms with E-state index in [1.165, 1.54) is 45.4 Å². The fourth-order valence-electron chi connectivity index (χ4n) is 2.46. The number of hydrogen-bond donors (Lipinski definition) is 1. The second-order valence-corrected chi connectivity index (χ2v) is 6.51. The molecule has 0 radical (unpaired) electrons. The molecule has 1 unspecified atom stereocenters. The summed E-state index contributed by atoms with van der Waals surface area (Å²) in [4.78, 5) is 2.64. The Bertz CT molecular complexity index is 178. The fraction of sp³-hybridized carbons (Fsp3) is 1.00. The van der Waals surface area contributed by atoms with E-state index < -0.39 is 0 Å². The molecule has 0 aromatic heterocycles. The molecule has 0 rings (SSSR count). The van der Waals surface area contributed by atoms with Gasteiger partial charge >= 0.3 is 0 Å². The number of rotatable bonds is 11. The van der Waals surface area contributed by atoms with Gasteiger partial charge in [-0.1, -0.05) is 41.5 Å². The maximum Gasteiger partial charge on any atom is 0.00103 e. The molecule has 2 nitrogen and oxygen atoms in total. The fourth-order valence-corrected chi connectivity index (χ4v) is 2.46. The standard InChI is InChI=1S/C16H36N2/c1-7-11-18(12-14(2)3)13-16(6)9-8-10-17-15(4)5/h14-17H,7-13H2,1-6H3. The van der Waals surface area contributed by atoms with E-state index in [-0.39, 0.29) is 0 Å². The average molecular weight is 256 g/mol. The SMILES string of the molecule is CCCN(CC(C)C)CC(C)CCCNC(C)C. The lowest BCUT2D eigenvalue weighted by Gasteiger charge is -2.27. The Morgan fingerprint density at radius 2 is 1.67 bits per heavy atom. The largest absolute Gasteiger partial charge is 0.315 e. The molecule has 0 aromatic carbocycles. The summed E-state index contributed by atoms with van der Waals surface area (Å²) in [6.07, 6.45) is 3.92. The summed E-state index contributed by atoms with van der Waals surface area (Å²) in [6.45, 7) is 18.7. The van der Waals surface area contributed by atoms with Crippen LogP contribution in [-0.2, 0) is 0 Å². The average Bonchev–Trinajstić information content (AvgIpc) is 2.23. The van der Waals surface area contributed by atoms with Crippen LogP contribution in [0.15, 0.2) is 0 Å². The summed E-state index contributed by atoms with van der Waals surface area (Å²) in [5.74, 6) is 1.61. The van der Waals surface area contributed by atoms with Crippen molar-refractivity contribution in [1.82, 2.24) is 10.2 Å². The molecule has 18 heavy (non-hydrogen) atoms. The molecule has 0 heterocycles. The van der Waals surface area contributed by atoms with Gasteiger partial charge in [0, 0.05) is 19.1 Å². The van der Waals surface area contributed by atoms with E-state index >= 15 is 0 Å². The highest BCUT2D eigenvalue weighted by Gasteiger charge is 2.10. The maximum absolute atomic E-state index is 3.50. The molecule has 0 spiro atoms. The smallest absolute Gasteiger partial charge is 0.00103 e. The predicted molar refractivity (Wildman–Crippen MR) is 83.1 cm³/mol. The van der Waals surface area contributed by atoms with Gasteiger partial charge in [-0.05, 0) is 44.2 Å². The van der Waals surface area contributed by atoms with Crippen LogP contribution in [-0.4, -0.2) is 37.1 Å². The lowest BCUT2D eigenvalue weighted by atomic mass is 10.0. The second-order valence-electron chi connectivity index (χ2n) is 6.51. The van der Waals surface area contributed by atoms with Crippen molar-refractivity contribution in [3.63, 3.8) is 0 Å². The quantitative estimate of drug-likeness (QED) is 0.566. The molecule has 0 bridgehead atoms. The Labute approximate surface area is 116 Å². The third kappa shape index (κ3) is 11.0. The van der Waals surface area contributed by atoms with Crippen LogP contribution in [0.4, 0.5) is 0 Å². The van der Waals surface area contributed by atoms with Crippen molar-refractivity contribution in [3.8, 4) is 0 Å². The molecule has 110 valence electrons. The molecular formula is C16H36N2. The normalized spacial score (nSPS) is 13.8. The second kappa shape index (κ2) is 10.8. The summed E-state index contributed by atoms with van der Waals surface area (Å²) >= 11 is 0. The highest BCUT2D eigenvalue weighted by Crippen LogP contribution is 2.10. The van der Waals surface area contributed by atoms with Crippen molar-refractivity contribution in [3.05, 3.63) is 0 Å². The number of hydrogen-bond acceptors (Lipinski definition) is 2. The highest BCUT2D eigenvalue weighted by atomic mass is 15.1. The van der Waals surface area contributed by atoms with Gasteiger partial charge in [0.2, 0.25) is 0 Å². The van der Waals surface area contributed by atoms with Gasteiger partial charge in [-0.2, -0.15) is 0 Å². The molecule has 0 aliphatic heterocycles. The first-order valence-corrected chi connectivity index (χ1v) is 7.91.